The van der Waals surface area contributed by atoms with Gasteiger partial charge in [0.2, 0.25) is 0 Å². The van der Waals surface area contributed by atoms with Gasteiger partial charge in [0.05, 0.1) is 16.4 Å². The highest BCUT2D eigenvalue weighted by Gasteiger charge is 2.19. The summed E-state index contributed by atoms with van der Waals surface area (Å²) < 4.78 is 1.97. The second-order valence-corrected chi connectivity index (χ2v) is 5.17. The van der Waals surface area contributed by atoms with Crippen molar-refractivity contribution in [2.45, 2.75) is 59.5 Å². The first kappa shape index (κ1) is 14.5. The van der Waals surface area contributed by atoms with E-state index in [0.717, 1.165) is 35.8 Å². The summed E-state index contributed by atoms with van der Waals surface area (Å²) >= 11 is 6.28. The summed E-state index contributed by atoms with van der Waals surface area (Å²) in [6, 6.07) is 0.161. The van der Waals surface area contributed by atoms with Crippen LogP contribution in [0, 0.1) is 12.8 Å². The van der Waals surface area contributed by atoms with Crippen molar-refractivity contribution in [1.82, 2.24) is 9.78 Å². The largest absolute Gasteiger partial charge is 0.327 e. The second-order valence-electron chi connectivity index (χ2n) is 4.80. The molecule has 0 bridgehead atoms. The molecule has 17 heavy (non-hydrogen) atoms. The minimum atomic E-state index is 0.161. The fourth-order valence-electron chi connectivity index (χ4n) is 2.16. The van der Waals surface area contributed by atoms with Crippen LogP contribution in [0.2, 0.25) is 5.02 Å². The molecule has 1 aromatic rings. The van der Waals surface area contributed by atoms with Gasteiger partial charge in [0.25, 0.3) is 0 Å². The molecular weight excluding hydrogens is 234 g/mol. The van der Waals surface area contributed by atoms with E-state index < -0.39 is 0 Å². The van der Waals surface area contributed by atoms with Gasteiger partial charge in [-0.1, -0.05) is 31.9 Å². The van der Waals surface area contributed by atoms with Crippen LogP contribution in [0.25, 0.3) is 0 Å². The Morgan fingerprint density at radius 2 is 2.06 bits per heavy atom. The Morgan fingerprint density at radius 1 is 1.41 bits per heavy atom. The molecule has 0 aliphatic rings. The van der Waals surface area contributed by atoms with Gasteiger partial charge in [-0.15, -0.1) is 0 Å². The molecule has 0 spiro atoms. The van der Waals surface area contributed by atoms with Gasteiger partial charge in [-0.3, -0.25) is 4.68 Å². The average molecular weight is 258 g/mol. The van der Waals surface area contributed by atoms with Crippen molar-refractivity contribution in [3.05, 3.63) is 16.4 Å². The van der Waals surface area contributed by atoms with Gasteiger partial charge in [0.1, 0.15) is 0 Å². The quantitative estimate of drug-likeness (QED) is 0.851. The molecule has 3 nitrogen and oxygen atoms in total. The van der Waals surface area contributed by atoms with Crippen molar-refractivity contribution in [3.63, 3.8) is 0 Å². The minimum absolute atomic E-state index is 0.161. The molecule has 0 fully saturated rings. The molecule has 0 radical (unpaired) electrons. The van der Waals surface area contributed by atoms with E-state index in [0.29, 0.717) is 5.92 Å². The maximum atomic E-state index is 6.28. The molecule has 1 heterocycles. The Balaban J connectivity index is 2.80. The molecule has 4 heteroatoms. The highest BCUT2D eigenvalue weighted by atomic mass is 35.5. The zero-order chi connectivity index (χ0) is 13.0. The Bertz CT molecular complexity index is 360. The van der Waals surface area contributed by atoms with Crippen molar-refractivity contribution < 1.29 is 0 Å². The zero-order valence-corrected chi connectivity index (χ0v) is 12.1. The summed E-state index contributed by atoms with van der Waals surface area (Å²) in [6.45, 7) is 9.27. The molecule has 1 rings (SSSR count). The third kappa shape index (κ3) is 3.46. The van der Waals surface area contributed by atoms with Crippen molar-refractivity contribution in [3.8, 4) is 0 Å². The Hall–Kier alpha value is -0.540. The predicted octanol–water partition coefficient (Wildman–Crippen LogP) is 3.17. The summed E-state index contributed by atoms with van der Waals surface area (Å²) in [4.78, 5) is 0. The van der Waals surface area contributed by atoms with Crippen LogP contribution in [0.5, 0.6) is 0 Å². The standard InChI is InChI=1S/C13H24ClN3/c1-5-7-9(3)11(15)8-12-13(14)10(4)16-17(12)6-2/h9,11H,5-8,15H2,1-4H3. The molecule has 2 unspecified atom stereocenters. The number of nitrogens with two attached hydrogens (primary N) is 1. The third-order valence-electron chi connectivity index (χ3n) is 3.36. The van der Waals surface area contributed by atoms with Gasteiger partial charge < -0.3 is 5.73 Å². The van der Waals surface area contributed by atoms with Crippen LogP contribution in [0.4, 0.5) is 0 Å². The predicted molar refractivity (Wildman–Crippen MR) is 73.4 cm³/mol. The number of nitrogens with zero attached hydrogens (tertiary/aromatic N) is 2. The lowest BCUT2D eigenvalue weighted by Crippen LogP contribution is -2.31. The van der Waals surface area contributed by atoms with E-state index in [1.54, 1.807) is 0 Å². The first-order valence-corrected chi connectivity index (χ1v) is 6.86. The number of halogens is 1. The van der Waals surface area contributed by atoms with Crippen molar-refractivity contribution in [1.29, 1.82) is 0 Å². The Morgan fingerprint density at radius 3 is 2.59 bits per heavy atom. The number of rotatable bonds is 6. The fourth-order valence-corrected chi connectivity index (χ4v) is 2.37. The Labute approximate surface area is 109 Å². The number of aryl methyl sites for hydroxylation is 2. The molecule has 0 amide bonds. The summed E-state index contributed by atoms with van der Waals surface area (Å²) in [7, 11) is 0. The minimum Gasteiger partial charge on any atom is -0.327 e. The van der Waals surface area contributed by atoms with Crippen LogP contribution in [0.1, 0.15) is 45.0 Å². The molecule has 0 saturated carbocycles. The molecule has 2 atom stereocenters. The number of aromatic nitrogens is 2. The molecular formula is C13H24ClN3. The Kier molecular flexibility index (Phi) is 5.47. The molecule has 0 aromatic carbocycles. The maximum absolute atomic E-state index is 6.28. The second kappa shape index (κ2) is 6.41. The summed E-state index contributed by atoms with van der Waals surface area (Å²) in [5, 5.41) is 5.20. The first-order chi connectivity index (χ1) is 8.01. The average Bonchev–Trinajstić information content (AvgIpc) is 2.57. The highest BCUT2D eigenvalue weighted by molar-refractivity contribution is 6.31. The lowest BCUT2D eigenvalue weighted by atomic mass is 9.94. The van der Waals surface area contributed by atoms with Crippen LogP contribution >= 0.6 is 11.6 Å². The lowest BCUT2D eigenvalue weighted by Gasteiger charge is -2.19. The lowest BCUT2D eigenvalue weighted by molar-refractivity contribution is 0.410. The smallest absolute Gasteiger partial charge is 0.0847 e. The van der Waals surface area contributed by atoms with Crippen LogP contribution in [-0.2, 0) is 13.0 Å². The van der Waals surface area contributed by atoms with E-state index in [2.05, 4.69) is 25.9 Å². The third-order valence-corrected chi connectivity index (χ3v) is 3.85. The summed E-state index contributed by atoms with van der Waals surface area (Å²) in [6.07, 6.45) is 3.15. The van der Waals surface area contributed by atoms with E-state index in [-0.39, 0.29) is 6.04 Å². The van der Waals surface area contributed by atoms with Gasteiger partial charge in [-0.2, -0.15) is 5.10 Å². The molecule has 98 valence electrons. The van der Waals surface area contributed by atoms with E-state index in [9.17, 15) is 0 Å². The first-order valence-electron chi connectivity index (χ1n) is 6.48. The van der Waals surface area contributed by atoms with Gasteiger partial charge in [-0.25, -0.2) is 0 Å². The fraction of sp³-hybridized carbons (Fsp3) is 0.769. The zero-order valence-electron chi connectivity index (χ0n) is 11.3. The van der Waals surface area contributed by atoms with Crippen LogP contribution < -0.4 is 5.73 Å². The van der Waals surface area contributed by atoms with Gasteiger partial charge in [0, 0.05) is 19.0 Å². The summed E-state index contributed by atoms with van der Waals surface area (Å²) in [5.41, 5.74) is 8.22. The molecule has 1 aromatic heterocycles. The monoisotopic (exact) mass is 257 g/mol. The van der Waals surface area contributed by atoms with E-state index >= 15 is 0 Å². The number of hydrogen-bond acceptors (Lipinski definition) is 2. The normalized spacial score (nSPS) is 14.9. The van der Waals surface area contributed by atoms with Crippen molar-refractivity contribution >= 4 is 11.6 Å². The van der Waals surface area contributed by atoms with Gasteiger partial charge in [0.15, 0.2) is 0 Å². The van der Waals surface area contributed by atoms with Gasteiger partial charge in [-0.05, 0) is 26.2 Å². The van der Waals surface area contributed by atoms with E-state index in [4.69, 9.17) is 17.3 Å². The van der Waals surface area contributed by atoms with Crippen LogP contribution in [-0.4, -0.2) is 15.8 Å². The van der Waals surface area contributed by atoms with Crippen LogP contribution in [0.15, 0.2) is 0 Å². The molecule has 0 aliphatic carbocycles. The molecule has 0 saturated heterocycles. The van der Waals surface area contributed by atoms with E-state index in [1.807, 2.05) is 11.6 Å². The van der Waals surface area contributed by atoms with Crippen molar-refractivity contribution in [2.75, 3.05) is 0 Å². The molecule has 0 aliphatic heterocycles. The highest BCUT2D eigenvalue weighted by Crippen LogP contribution is 2.23. The summed E-state index contributed by atoms with van der Waals surface area (Å²) in [5.74, 6) is 0.525. The SMILES string of the molecule is CCCC(C)C(N)Cc1c(Cl)c(C)nn1CC. The maximum Gasteiger partial charge on any atom is 0.0847 e. The number of hydrogen-bond donors (Lipinski definition) is 1. The van der Waals surface area contributed by atoms with Gasteiger partial charge >= 0.3 is 0 Å². The van der Waals surface area contributed by atoms with Crippen LogP contribution in [0.3, 0.4) is 0 Å². The topological polar surface area (TPSA) is 43.8 Å². The van der Waals surface area contributed by atoms with Crippen molar-refractivity contribution in [2.24, 2.45) is 11.7 Å². The molecule has 2 N–H and O–H groups in total. The van der Waals surface area contributed by atoms with E-state index in [1.165, 1.54) is 6.42 Å².